The van der Waals surface area contributed by atoms with Gasteiger partial charge in [0.1, 0.15) is 12.6 Å². The van der Waals surface area contributed by atoms with E-state index in [0.29, 0.717) is 19.6 Å². The van der Waals surface area contributed by atoms with Crippen LogP contribution in [0.4, 0.5) is 4.79 Å². The molecule has 0 aromatic carbocycles. The Morgan fingerprint density at radius 1 is 1.47 bits per heavy atom. The minimum Gasteiger partial charge on any atom is -0.447 e. The van der Waals surface area contributed by atoms with Crippen molar-refractivity contribution in [1.29, 1.82) is 0 Å². The lowest BCUT2D eigenvalue weighted by Crippen LogP contribution is -2.59. The molecule has 0 bridgehead atoms. The average Bonchev–Trinajstić information content (AvgIpc) is 2.85. The number of nitrogens with one attached hydrogen (secondary N) is 2. The van der Waals surface area contributed by atoms with Crippen LogP contribution in [-0.2, 0) is 14.3 Å². The molecule has 1 atom stereocenters. The molecule has 0 radical (unpaired) electrons. The number of carbonyl (C=O) groups is 3. The highest BCUT2D eigenvalue weighted by Gasteiger charge is 2.34. The Bertz CT molecular complexity index is 387. The van der Waals surface area contributed by atoms with E-state index in [1.165, 1.54) is 0 Å². The Hall–Kier alpha value is -1.67. The molecule has 0 spiro atoms. The molecule has 106 valence electrons. The molecule has 19 heavy (non-hydrogen) atoms. The number of piperazine rings is 1. The third kappa shape index (κ3) is 3.02. The van der Waals surface area contributed by atoms with Crippen molar-refractivity contribution in [2.24, 2.45) is 0 Å². The van der Waals surface area contributed by atoms with Crippen LogP contribution in [0.15, 0.2) is 0 Å². The van der Waals surface area contributed by atoms with Crippen molar-refractivity contribution < 1.29 is 19.1 Å². The van der Waals surface area contributed by atoms with E-state index in [-0.39, 0.29) is 37.6 Å². The summed E-state index contributed by atoms with van der Waals surface area (Å²) in [6.07, 6.45) is -0.600. The number of cyclic esters (lactones) is 1. The summed E-state index contributed by atoms with van der Waals surface area (Å²) in [5, 5.41) is 5.69. The van der Waals surface area contributed by atoms with Gasteiger partial charge in [0.25, 0.3) is 0 Å². The molecule has 3 amide bonds. The second-order valence-corrected chi connectivity index (χ2v) is 4.46. The van der Waals surface area contributed by atoms with Gasteiger partial charge in [0.05, 0.1) is 13.1 Å². The third-order valence-corrected chi connectivity index (χ3v) is 3.30. The number of rotatable bonds is 3. The number of likely N-dealkylation sites (N-methyl/N-ethyl adjacent to an activating group) is 1. The molecular weight excluding hydrogens is 252 g/mol. The van der Waals surface area contributed by atoms with Crippen LogP contribution in [0.1, 0.15) is 0 Å². The maximum atomic E-state index is 12.0. The summed E-state index contributed by atoms with van der Waals surface area (Å²) < 4.78 is 4.73. The quantitative estimate of drug-likeness (QED) is 0.615. The van der Waals surface area contributed by atoms with Gasteiger partial charge in [0.2, 0.25) is 11.8 Å². The maximum absolute atomic E-state index is 12.0. The normalized spacial score (nSPS) is 24.2. The minimum atomic E-state index is -0.600. The van der Waals surface area contributed by atoms with E-state index in [9.17, 15) is 14.4 Å². The van der Waals surface area contributed by atoms with Gasteiger partial charge in [-0.2, -0.15) is 0 Å². The molecule has 8 heteroatoms. The number of amides is 3. The highest BCUT2D eigenvalue weighted by molar-refractivity contribution is 5.94. The monoisotopic (exact) mass is 270 g/mol. The van der Waals surface area contributed by atoms with E-state index in [2.05, 4.69) is 10.6 Å². The van der Waals surface area contributed by atoms with Crippen LogP contribution >= 0.6 is 0 Å². The van der Waals surface area contributed by atoms with Crippen molar-refractivity contribution in [3.63, 3.8) is 0 Å². The number of nitrogens with zero attached hydrogens (tertiary/aromatic N) is 2. The fourth-order valence-electron chi connectivity index (χ4n) is 2.24. The number of hydrogen-bond acceptors (Lipinski definition) is 6. The van der Waals surface area contributed by atoms with Gasteiger partial charge < -0.3 is 15.4 Å². The molecule has 2 aliphatic heterocycles. The van der Waals surface area contributed by atoms with Crippen LogP contribution in [-0.4, -0.2) is 80.1 Å². The zero-order valence-corrected chi connectivity index (χ0v) is 10.8. The molecule has 2 aliphatic rings. The third-order valence-electron chi connectivity index (χ3n) is 3.30. The highest BCUT2D eigenvalue weighted by atomic mass is 16.6. The summed E-state index contributed by atoms with van der Waals surface area (Å²) in [6.45, 7) is 2.38. The van der Waals surface area contributed by atoms with Crippen LogP contribution < -0.4 is 10.6 Å². The van der Waals surface area contributed by atoms with E-state index < -0.39 is 6.09 Å². The summed E-state index contributed by atoms with van der Waals surface area (Å²) >= 11 is 0. The standard InChI is InChI=1S/C11H18N4O4/c1-12-10(17)8-6-13-2-3-14(8)7-9(16)15-4-5-19-11(15)18/h8,13H,2-7H2,1H3,(H,12,17). The van der Waals surface area contributed by atoms with Crippen molar-refractivity contribution in [3.8, 4) is 0 Å². The zero-order valence-electron chi connectivity index (χ0n) is 10.8. The van der Waals surface area contributed by atoms with E-state index in [1.807, 2.05) is 0 Å². The van der Waals surface area contributed by atoms with Crippen molar-refractivity contribution in [2.45, 2.75) is 6.04 Å². The van der Waals surface area contributed by atoms with Crippen molar-refractivity contribution in [3.05, 3.63) is 0 Å². The van der Waals surface area contributed by atoms with Gasteiger partial charge in [-0.15, -0.1) is 0 Å². The maximum Gasteiger partial charge on any atom is 0.416 e. The van der Waals surface area contributed by atoms with E-state index >= 15 is 0 Å². The highest BCUT2D eigenvalue weighted by Crippen LogP contribution is 2.08. The Balaban J connectivity index is 1.97. The first-order chi connectivity index (χ1) is 9.13. The molecule has 2 heterocycles. The minimum absolute atomic E-state index is 0.0505. The summed E-state index contributed by atoms with van der Waals surface area (Å²) in [6, 6.07) is -0.388. The van der Waals surface area contributed by atoms with Gasteiger partial charge in [-0.05, 0) is 0 Å². The van der Waals surface area contributed by atoms with Gasteiger partial charge in [0, 0.05) is 26.7 Å². The first kappa shape index (κ1) is 13.8. The summed E-state index contributed by atoms with van der Waals surface area (Å²) in [5.41, 5.74) is 0. The van der Waals surface area contributed by atoms with Crippen molar-refractivity contribution in [2.75, 3.05) is 46.4 Å². The lowest BCUT2D eigenvalue weighted by Gasteiger charge is -2.34. The van der Waals surface area contributed by atoms with E-state index in [4.69, 9.17) is 4.74 Å². The number of carbonyl (C=O) groups excluding carboxylic acids is 3. The first-order valence-electron chi connectivity index (χ1n) is 6.27. The van der Waals surface area contributed by atoms with Crippen LogP contribution in [0.3, 0.4) is 0 Å². The lowest BCUT2D eigenvalue weighted by atomic mass is 10.1. The van der Waals surface area contributed by atoms with Crippen LogP contribution in [0.25, 0.3) is 0 Å². The van der Waals surface area contributed by atoms with E-state index in [0.717, 1.165) is 4.90 Å². The fourth-order valence-corrected chi connectivity index (χ4v) is 2.24. The summed E-state index contributed by atoms with van der Waals surface area (Å²) in [5.74, 6) is -0.456. The molecule has 2 saturated heterocycles. The van der Waals surface area contributed by atoms with Crippen LogP contribution in [0.5, 0.6) is 0 Å². The van der Waals surface area contributed by atoms with Gasteiger partial charge in [-0.25, -0.2) is 9.69 Å². The average molecular weight is 270 g/mol. The summed E-state index contributed by atoms with van der Waals surface area (Å²) in [4.78, 5) is 37.9. The largest absolute Gasteiger partial charge is 0.447 e. The topological polar surface area (TPSA) is 91.0 Å². The second-order valence-electron chi connectivity index (χ2n) is 4.46. The fraction of sp³-hybridized carbons (Fsp3) is 0.727. The van der Waals surface area contributed by atoms with Gasteiger partial charge in [-0.3, -0.25) is 14.5 Å². The Morgan fingerprint density at radius 2 is 2.26 bits per heavy atom. The Morgan fingerprint density at radius 3 is 2.89 bits per heavy atom. The lowest BCUT2D eigenvalue weighted by molar-refractivity contribution is -0.132. The van der Waals surface area contributed by atoms with Gasteiger partial charge in [0.15, 0.2) is 0 Å². The molecule has 1 unspecified atom stereocenters. The SMILES string of the molecule is CNC(=O)C1CNCCN1CC(=O)N1CCOC1=O. The first-order valence-corrected chi connectivity index (χ1v) is 6.27. The zero-order chi connectivity index (χ0) is 13.8. The van der Waals surface area contributed by atoms with E-state index in [1.54, 1.807) is 11.9 Å². The van der Waals surface area contributed by atoms with Gasteiger partial charge in [-0.1, -0.05) is 0 Å². The molecule has 0 aromatic rings. The molecule has 2 fully saturated rings. The second kappa shape index (κ2) is 5.98. The van der Waals surface area contributed by atoms with Crippen molar-refractivity contribution >= 4 is 17.9 Å². The predicted molar refractivity (Wildman–Crippen MR) is 65.4 cm³/mol. The van der Waals surface area contributed by atoms with Crippen LogP contribution in [0, 0.1) is 0 Å². The van der Waals surface area contributed by atoms with Gasteiger partial charge >= 0.3 is 6.09 Å². The van der Waals surface area contributed by atoms with Crippen molar-refractivity contribution in [1.82, 2.24) is 20.4 Å². The molecular formula is C11H18N4O4. The predicted octanol–water partition coefficient (Wildman–Crippen LogP) is -2.01. The molecule has 0 aromatic heterocycles. The molecule has 2 rings (SSSR count). The Kier molecular flexibility index (Phi) is 4.33. The molecule has 8 nitrogen and oxygen atoms in total. The molecule has 0 saturated carbocycles. The summed E-state index contributed by atoms with van der Waals surface area (Å²) in [7, 11) is 1.56. The smallest absolute Gasteiger partial charge is 0.416 e. The number of imide groups is 1. The number of ether oxygens (including phenoxy) is 1. The molecule has 2 N–H and O–H groups in total. The molecule has 0 aliphatic carbocycles. The Labute approximate surface area is 111 Å². The number of hydrogen-bond donors (Lipinski definition) is 2. The van der Waals surface area contributed by atoms with Crippen LogP contribution in [0.2, 0.25) is 0 Å².